The van der Waals surface area contributed by atoms with Crippen molar-refractivity contribution in [3.05, 3.63) is 35.5 Å². The summed E-state index contributed by atoms with van der Waals surface area (Å²) in [6, 6.07) is 7.82. The van der Waals surface area contributed by atoms with Crippen LogP contribution in [-0.4, -0.2) is 12.3 Å². The van der Waals surface area contributed by atoms with Gasteiger partial charge in [0.1, 0.15) is 5.75 Å². The molecule has 84 valence electrons. The van der Waals surface area contributed by atoms with Crippen LogP contribution >= 0.6 is 12.6 Å². The highest BCUT2D eigenvalue weighted by Gasteiger charge is 2.11. The maximum atomic E-state index is 5.29. The molecule has 0 aliphatic heterocycles. The van der Waals surface area contributed by atoms with Crippen LogP contribution in [0.3, 0.4) is 0 Å². The highest BCUT2D eigenvalue weighted by Crippen LogP contribution is 2.31. The van der Waals surface area contributed by atoms with Crippen molar-refractivity contribution in [3.8, 4) is 17.1 Å². The molecule has 0 atom stereocenters. The average Bonchev–Trinajstić information content (AvgIpc) is 2.77. The third-order valence-electron chi connectivity index (χ3n) is 2.34. The molecule has 0 bridgehead atoms. The number of thiol groups is 1. The molecular formula is C12H13NO2S. The first-order valence-electron chi connectivity index (χ1n) is 4.96. The lowest BCUT2D eigenvalue weighted by Gasteiger charge is -2.05. The second-order valence-electron chi connectivity index (χ2n) is 3.54. The minimum Gasteiger partial charge on any atom is -0.496 e. The number of methoxy groups -OCH3 is 1. The molecule has 1 aromatic heterocycles. The van der Waals surface area contributed by atoms with Crippen molar-refractivity contribution < 1.29 is 9.26 Å². The number of aryl methyl sites for hydroxylation is 1. The SMILES string of the molecule is COc1ccc(C)cc1-c1cc(CS)no1. The zero-order valence-electron chi connectivity index (χ0n) is 9.23. The van der Waals surface area contributed by atoms with Gasteiger partial charge in [0, 0.05) is 11.8 Å². The summed E-state index contributed by atoms with van der Waals surface area (Å²) in [5.74, 6) is 2.06. The van der Waals surface area contributed by atoms with Crippen LogP contribution in [0.5, 0.6) is 5.75 Å². The third-order valence-corrected chi connectivity index (χ3v) is 2.67. The van der Waals surface area contributed by atoms with Gasteiger partial charge in [-0.1, -0.05) is 16.8 Å². The number of rotatable bonds is 3. The summed E-state index contributed by atoms with van der Waals surface area (Å²) in [7, 11) is 1.64. The summed E-state index contributed by atoms with van der Waals surface area (Å²) in [6.07, 6.45) is 0. The van der Waals surface area contributed by atoms with Gasteiger partial charge in [0.05, 0.1) is 18.4 Å². The van der Waals surface area contributed by atoms with E-state index >= 15 is 0 Å². The van der Waals surface area contributed by atoms with Crippen LogP contribution in [0.2, 0.25) is 0 Å². The Morgan fingerprint density at radius 3 is 2.81 bits per heavy atom. The van der Waals surface area contributed by atoms with E-state index in [0.717, 1.165) is 22.6 Å². The van der Waals surface area contributed by atoms with Gasteiger partial charge in [-0.15, -0.1) is 0 Å². The molecule has 0 unspecified atom stereocenters. The fraction of sp³-hybridized carbons (Fsp3) is 0.250. The molecule has 4 heteroatoms. The van der Waals surface area contributed by atoms with Gasteiger partial charge in [0.15, 0.2) is 5.76 Å². The van der Waals surface area contributed by atoms with Crippen molar-refractivity contribution in [3.63, 3.8) is 0 Å². The Morgan fingerprint density at radius 2 is 2.19 bits per heavy atom. The molecule has 0 spiro atoms. The van der Waals surface area contributed by atoms with Crippen molar-refractivity contribution in [2.75, 3.05) is 7.11 Å². The second-order valence-corrected chi connectivity index (χ2v) is 3.86. The topological polar surface area (TPSA) is 35.3 Å². The molecule has 0 fully saturated rings. The van der Waals surface area contributed by atoms with Gasteiger partial charge in [-0.2, -0.15) is 12.6 Å². The highest BCUT2D eigenvalue weighted by molar-refractivity contribution is 7.79. The number of ether oxygens (including phenoxy) is 1. The molecule has 0 amide bonds. The fourth-order valence-corrected chi connectivity index (χ4v) is 1.68. The monoisotopic (exact) mass is 235 g/mol. The van der Waals surface area contributed by atoms with Gasteiger partial charge in [-0.25, -0.2) is 0 Å². The fourth-order valence-electron chi connectivity index (χ4n) is 1.53. The lowest BCUT2D eigenvalue weighted by molar-refractivity contribution is 0.404. The van der Waals surface area contributed by atoms with Crippen molar-refractivity contribution in [2.45, 2.75) is 12.7 Å². The van der Waals surface area contributed by atoms with E-state index in [2.05, 4.69) is 17.8 Å². The number of benzene rings is 1. The van der Waals surface area contributed by atoms with Gasteiger partial charge >= 0.3 is 0 Å². The first-order chi connectivity index (χ1) is 7.74. The smallest absolute Gasteiger partial charge is 0.170 e. The minimum atomic E-state index is 0.567. The van der Waals surface area contributed by atoms with Crippen LogP contribution in [-0.2, 0) is 5.75 Å². The second kappa shape index (κ2) is 4.61. The zero-order chi connectivity index (χ0) is 11.5. The summed E-state index contributed by atoms with van der Waals surface area (Å²) >= 11 is 4.15. The van der Waals surface area contributed by atoms with Crippen LogP contribution < -0.4 is 4.74 Å². The van der Waals surface area contributed by atoms with Crippen LogP contribution in [0, 0.1) is 6.92 Å². The lowest BCUT2D eigenvalue weighted by Crippen LogP contribution is -1.87. The van der Waals surface area contributed by atoms with Crippen molar-refractivity contribution in [1.29, 1.82) is 0 Å². The molecule has 3 nitrogen and oxygen atoms in total. The molecule has 2 rings (SSSR count). The Kier molecular flexibility index (Phi) is 3.19. The predicted molar refractivity (Wildman–Crippen MR) is 65.9 cm³/mol. The standard InChI is InChI=1S/C12H13NO2S/c1-8-3-4-11(14-2)10(5-8)12-6-9(7-16)13-15-12/h3-6,16H,7H2,1-2H3. The maximum absolute atomic E-state index is 5.29. The maximum Gasteiger partial charge on any atom is 0.170 e. The zero-order valence-corrected chi connectivity index (χ0v) is 10.1. The summed E-state index contributed by atoms with van der Waals surface area (Å²) < 4.78 is 10.6. The molecule has 0 radical (unpaired) electrons. The largest absolute Gasteiger partial charge is 0.496 e. The van der Waals surface area contributed by atoms with Gasteiger partial charge < -0.3 is 9.26 Å². The molecule has 2 aromatic rings. The van der Waals surface area contributed by atoms with Crippen molar-refractivity contribution >= 4 is 12.6 Å². The summed E-state index contributed by atoms with van der Waals surface area (Å²) in [6.45, 7) is 2.03. The summed E-state index contributed by atoms with van der Waals surface area (Å²) in [4.78, 5) is 0. The first-order valence-corrected chi connectivity index (χ1v) is 5.59. The summed E-state index contributed by atoms with van der Waals surface area (Å²) in [5.41, 5.74) is 2.89. The first kappa shape index (κ1) is 11.1. The van der Waals surface area contributed by atoms with Crippen LogP contribution in [0.15, 0.2) is 28.8 Å². The molecular weight excluding hydrogens is 222 g/mol. The van der Waals surface area contributed by atoms with E-state index in [-0.39, 0.29) is 0 Å². The van der Waals surface area contributed by atoms with E-state index in [1.165, 1.54) is 0 Å². The van der Waals surface area contributed by atoms with E-state index in [1.807, 2.05) is 31.2 Å². The molecule has 0 aliphatic carbocycles. The van der Waals surface area contributed by atoms with E-state index in [9.17, 15) is 0 Å². The molecule has 0 aliphatic rings. The molecule has 0 N–H and O–H groups in total. The Bertz CT molecular complexity index is 494. The van der Waals surface area contributed by atoms with Gasteiger partial charge in [-0.05, 0) is 19.1 Å². The molecule has 1 heterocycles. The van der Waals surface area contributed by atoms with Crippen LogP contribution in [0.4, 0.5) is 0 Å². The van der Waals surface area contributed by atoms with E-state index in [1.54, 1.807) is 7.11 Å². The molecule has 0 saturated heterocycles. The number of nitrogens with zero attached hydrogens (tertiary/aromatic N) is 1. The van der Waals surface area contributed by atoms with Gasteiger partial charge in [0.25, 0.3) is 0 Å². The average molecular weight is 235 g/mol. The Morgan fingerprint density at radius 1 is 1.38 bits per heavy atom. The predicted octanol–water partition coefficient (Wildman–Crippen LogP) is 3.09. The highest BCUT2D eigenvalue weighted by atomic mass is 32.1. The van der Waals surface area contributed by atoms with Gasteiger partial charge in [-0.3, -0.25) is 0 Å². The Hall–Kier alpha value is -1.42. The summed E-state index contributed by atoms with van der Waals surface area (Å²) in [5, 5.41) is 3.91. The number of aromatic nitrogens is 1. The molecule has 0 saturated carbocycles. The Balaban J connectivity index is 2.49. The number of hydrogen-bond donors (Lipinski definition) is 1. The number of hydrogen-bond acceptors (Lipinski definition) is 4. The normalized spacial score (nSPS) is 10.4. The molecule has 16 heavy (non-hydrogen) atoms. The Labute approximate surface area is 99.8 Å². The third kappa shape index (κ3) is 2.07. The molecule has 1 aromatic carbocycles. The minimum absolute atomic E-state index is 0.567. The van der Waals surface area contributed by atoms with E-state index in [0.29, 0.717) is 11.5 Å². The van der Waals surface area contributed by atoms with Gasteiger partial charge in [0.2, 0.25) is 0 Å². The van der Waals surface area contributed by atoms with Crippen LogP contribution in [0.1, 0.15) is 11.3 Å². The quantitative estimate of drug-likeness (QED) is 0.830. The van der Waals surface area contributed by atoms with Crippen molar-refractivity contribution in [1.82, 2.24) is 5.16 Å². The van der Waals surface area contributed by atoms with Crippen LogP contribution in [0.25, 0.3) is 11.3 Å². The lowest BCUT2D eigenvalue weighted by atomic mass is 10.1. The van der Waals surface area contributed by atoms with Crippen molar-refractivity contribution in [2.24, 2.45) is 0 Å². The van der Waals surface area contributed by atoms with E-state index in [4.69, 9.17) is 9.26 Å². The van der Waals surface area contributed by atoms with E-state index < -0.39 is 0 Å².